The maximum absolute atomic E-state index is 13.6. The molecule has 2 aromatic carbocycles. The molecule has 0 aliphatic carbocycles. The van der Waals surface area contributed by atoms with Crippen LogP contribution in [0.4, 0.5) is 15.8 Å². The highest BCUT2D eigenvalue weighted by Gasteiger charge is 2.23. The number of carbonyl (C=O) groups is 2. The number of nitrogens with one attached hydrogen (secondary N) is 2. The summed E-state index contributed by atoms with van der Waals surface area (Å²) in [6.07, 6.45) is -0.0398. The molecule has 2 amide bonds. The first kappa shape index (κ1) is 15.6. The minimum absolute atomic E-state index is 0.0398. The van der Waals surface area contributed by atoms with Crippen LogP contribution in [0, 0.1) is 5.82 Å². The Morgan fingerprint density at radius 3 is 2.87 bits per heavy atom. The molecule has 3 rings (SSSR count). The number of hydrogen-bond donors (Lipinski definition) is 2. The standard InChI is InChI=1S/C17H15FN2O2S/c1-10-17(22)20-14-9-12(6-7-15(14)23-10)19-16(21)8-11-4-2-3-5-13(11)18/h2-7,9-10H,8H2,1H3,(H,19,21)(H,20,22). The fourth-order valence-corrected chi connectivity index (χ4v) is 3.24. The predicted molar refractivity (Wildman–Crippen MR) is 89.1 cm³/mol. The van der Waals surface area contributed by atoms with Crippen molar-refractivity contribution in [2.45, 2.75) is 23.5 Å². The molecule has 0 fully saturated rings. The molecule has 2 N–H and O–H groups in total. The van der Waals surface area contributed by atoms with Gasteiger partial charge in [-0.1, -0.05) is 18.2 Å². The Hall–Kier alpha value is -2.34. The average molecular weight is 330 g/mol. The molecular formula is C17H15FN2O2S. The van der Waals surface area contributed by atoms with Crippen LogP contribution in [-0.2, 0) is 16.0 Å². The largest absolute Gasteiger partial charge is 0.326 e. The predicted octanol–water partition coefficient (Wildman–Crippen LogP) is 3.44. The highest BCUT2D eigenvalue weighted by Crippen LogP contribution is 2.36. The highest BCUT2D eigenvalue weighted by molar-refractivity contribution is 8.00. The minimum atomic E-state index is -0.397. The zero-order valence-electron chi connectivity index (χ0n) is 12.4. The zero-order valence-corrected chi connectivity index (χ0v) is 13.2. The van der Waals surface area contributed by atoms with Crippen LogP contribution in [0.1, 0.15) is 12.5 Å². The molecular weight excluding hydrogens is 315 g/mol. The first-order valence-electron chi connectivity index (χ1n) is 7.18. The molecule has 2 aromatic rings. The van der Waals surface area contributed by atoms with Crippen molar-refractivity contribution in [2.75, 3.05) is 10.6 Å². The number of amides is 2. The van der Waals surface area contributed by atoms with Gasteiger partial charge in [0.05, 0.1) is 17.4 Å². The second-order valence-corrected chi connectivity index (χ2v) is 6.66. The molecule has 1 unspecified atom stereocenters. The molecule has 1 atom stereocenters. The van der Waals surface area contributed by atoms with Gasteiger partial charge < -0.3 is 10.6 Å². The van der Waals surface area contributed by atoms with Gasteiger partial charge in [-0.2, -0.15) is 0 Å². The molecule has 23 heavy (non-hydrogen) atoms. The van der Waals surface area contributed by atoms with Crippen molar-refractivity contribution in [3.8, 4) is 0 Å². The fourth-order valence-electron chi connectivity index (χ4n) is 2.31. The lowest BCUT2D eigenvalue weighted by atomic mass is 10.1. The minimum Gasteiger partial charge on any atom is -0.326 e. The summed E-state index contributed by atoms with van der Waals surface area (Å²) in [5, 5.41) is 5.40. The Bertz CT molecular complexity index is 779. The average Bonchev–Trinajstić information content (AvgIpc) is 2.51. The van der Waals surface area contributed by atoms with Crippen molar-refractivity contribution >= 4 is 35.0 Å². The lowest BCUT2D eigenvalue weighted by Crippen LogP contribution is -2.26. The Morgan fingerprint density at radius 2 is 2.09 bits per heavy atom. The van der Waals surface area contributed by atoms with Crippen LogP contribution in [0.3, 0.4) is 0 Å². The Balaban J connectivity index is 1.71. The first-order chi connectivity index (χ1) is 11.0. The van der Waals surface area contributed by atoms with E-state index in [4.69, 9.17) is 0 Å². The third-order valence-electron chi connectivity index (χ3n) is 3.50. The Morgan fingerprint density at radius 1 is 1.30 bits per heavy atom. The van der Waals surface area contributed by atoms with Crippen molar-refractivity contribution in [3.05, 3.63) is 53.8 Å². The normalized spacial score (nSPS) is 16.4. The first-order valence-corrected chi connectivity index (χ1v) is 8.06. The number of anilines is 2. The van der Waals surface area contributed by atoms with E-state index in [0.717, 1.165) is 4.90 Å². The van der Waals surface area contributed by atoms with Gasteiger partial charge in [-0.25, -0.2) is 4.39 Å². The number of thioether (sulfide) groups is 1. The molecule has 0 bridgehead atoms. The number of carbonyl (C=O) groups excluding carboxylic acids is 2. The van der Waals surface area contributed by atoms with Crippen LogP contribution in [0.15, 0.2) is 47.4 Å². The lowest BCUT2D eigenvalue weighted by molar-refractivity contribution is -0.116. The number of hydrogen-bond acceptors (Lipinski definition) is 3. The number of fused-ring (bicyclic) bond motifs is 1. The highest BCUT2D eigenvalue weighted by atomic mass is 32.2. The SMILES string of the molecule is CC1Sc2ccc(NC(=O)Cc3ccccc3F)cc2NC1=O. The van der Waals surface area contributed by atoms with Gasteiger partial charge in [0, 0.05) is 10.6 Å². The van der Waals surface area contributed by atoms with E-state index in [0.29, 0.717) is 16.9 Å². The van der Waals surface area contributed by atoms with Gasteiger partial charge in [-0.3, -0.25) is 9.59 Å². The summed E-state index contributed by atoms with van der Waals surface area (Å²) in [5.74, 6) is -0.763. The maximum Gasteiger partial charge on any atom is 0.237 e. The number of halogens is 1. The Labute approximate surface area is 137 Å². The van der Waals surface area contributed by atoms with Crippen LogP contribution in [0.2, 0.25) is 0 Å². The van der Waals surface area contributed by atoms with Crippen LogP contribution < -0.4 is 10.6 Å². The van der Waals surface area contributed by atoms with Gasteiger partial charge >= 0.3 is 0 Å². The lowest BCUT2D eigenvalue weighted by Gasteiger charge is -2.22. The van der Waals surface area contributed by atoms with Gasteiger partial charge in [-0.05, 0) is 36.8 Å². The van der Waals surface area contributed by atoms with Gasteiger partial charge in [0.2, 0.25) is 11.8 Å². The molecule has 0 radical (unpaired) electrons. The van der Waals surface area contributed by atoms with Crippen LogP contribution in [-0.4, -0.2) is 17.1 Å². The smallest absolute Gasteiger partial charge is 0.237 e. The Kier molecular flexibility index (Phi) is 4.34. The maximum atomic E-state index is 13.6. The molecule has 4 nitrogen and oxygen atoms in total. The van der Waals surface area contributed by atoms with E-state index in [1.54, 1.807) is 30.3 Å². The second-order valence-electron chi connectivity index (χ2n) is 5.28. The van der Waals surface area contributed by atoms with E-state index in [1.807, 2.05) is 13.0 Å². The van der Waals surface area contributed by atoms with Crippen LogP contribution in [0.5, 0.6) is 0 Å². The summed E-state index contributed by atoms with van der Waals surface area (Å²) in [5.41, 5.74) is 1.60. The summed E-state index contributed by atoms with van der Waals surface area (Å²) < 4.78 is 13.6. The third-order valence-corrected chi connectivity index (χ3v) is 4.68. The molecule has 1 heterocycles. The van der Waals surface area contributed by atoms with Gasteiger partial charge in [0.25, 0.3) is 0 Å². The van der Waals surface area contributed by atoms with E-state index >= 15 is 0 Å². The van der Waals surface area contributed by atoms with Gasteiger partial charge in [0.1, 0.15) is 5.82 Å². The second kappa shape index (κ2) is 6.42. The van der Waals surface area contributed by atoms with Crippen molar-refractivity contribution in [3.63, 3.8) is 0 Å². The molecule has 1 aliphatic heterocycles. The molecule has 0 saturated carbocycles. The fraction of sp³-hybridized carbons (Fsp3) is 0.176. The van der Waals surface area contributed by atoms with Crippen LogP contribution in [0.25, 0.3) is 0 Å². The quantitative estimate of drug-likeness (QED) is 0.906. The van der Waals surface area contributed by atoms with E-state index < -0.39 is 5.82 Å². The van der Waals surface area contributed by atoms with E-state index in [9.17, 15) is 14.0 Å². The molecule has 0 saturated heterocycles. The van der Waals surface area contributed by atoms with E-state index in [2.05, 4.69) is 10.6 Å². The molecule has 0 spiro atoms. The molecule has 118 valence electrons. The molecule has 0 aromatic heterocycles. The summed E-state index contributed by atoms with van der Waals surface area (Å²) in [7, 11) is 0. The van der Waals surface area contributed by atoms with Crippen LogP contribution >= 0.6 is 11.8 Å². The van der Waals surface area contributed by atoms with Gasteiger partial charge in [-0.15, -0.1) is 11.8 Å². The molecule has 1 aliphatic rings. The zero-order chi connectivity index (χ0) is 16.4. The van der Waals surface area contributed by atoms with Crippen molar-refractivity contribution < 1.29 is 14.0 Å². The van der Waals surface area contributed by atoms with Gasteiger partial charge in [0.15, 0.2) is 0 Å². The topological polar surface area (TPSA) is 58.2 Å². The van der Waals surface area contributed by atoms with Crippen molar-refractivity contribution in [1.82, 2.24) is 0 Å². The number of rotatable bonds is 3. The van der Waals surface area contributed by atoms with Crippen molar-refractivity contribution in [1.29, 1.82) is 0 Å². The summed E-state index contributed by atoms with van der Waals surface area (Å²) in [6.45, 7) is 1.84. The summed E-state index contributed by atoms with van der Waals surface area (Å²) in [4.78, 5) is 24.7. The molecule has 6 heteroatoms. The van der Waals surface area contributed by atoms with E-state index in [1.165, 1.54) is 17.8 Å². The summed E-state index contributed by atoms with van der Waals surface area (Å²) in [6, 6.07) is 11.5. The van der Waals surface area contributed by atoms with E-state index in [-0.39, 0.29) is 23.5 Å². The monoisotopic (exact) mass is 330 g/mol. The summed E-state index contributed by atoms with van der Waals surface area (Å²) >= 11 is 1.48. The number of benzene rings is 2. The van der Waals surface area contributed by atoms with Crippen molar-refractivity contribution in [2.24, 2.45) is 0 Å². The third kappa shape index (κ3) is 3.53.